The van der Waals surface area contributed by atoms with Crippen LogP contribution in [0, 0.1) is 12.8 Å². The van der Waals surface area contributed by atoms with Crippen molar-refractivity contribution in [3.05, 3.63) is 22.5 Å². The van der Waals surface area contributed by atoms with Crippen molar-refractivity contribution in [1.29, 1.82) is 0 Å². The maximum absolute atomic E-state index is 12.2. The fraction of sp³-hybridized carbons (Fsp3) is 0.647. The van der Waals surface area contributed by atoms with Gasteiger partial charge in [-0.25, -0.2) is 0 Å². The molecular formula is C17H26ClN3O2. The summed E-state index contributed by atoms with van der Waals surface area (Å²) in [6.07, 6.45) is 9.77. The minimum Gasteiger partial charge on any atom is -0.396 e. The van der Waals surface area contributed by atoms with Gasteiger partial charge in [-0.3, -0.25) is 9.48 Å². The summed E-state index contributed by atoms with van der Waals surface area (Å²) in [5, 5.41) is 17.1. The second-order valence-electron chi connectivity index (χ2n) is 6.27. The Morgan fingerprint density at radius 3 is 2.74 bits per heavy atom. The van der Waals surface area contributed by atoms with E-state index >= 15 is 0 Å². The van der Waals surface area contributed by atoms with E-state index in [0.29, 0.717) is 17.5 Å². The highest BCUT2D eigenvalue weighted by Crippen LogP contribution is 2.27. The molecule has 1 fully saturated rings. The highest BCUT2D eigenvalue weighted by atomic mass is 35.5. The van der Waals surface area contributed by atoms with Gasteiger partial charge < -0.3 is 10.4 Å². The number of aliphatic hydroxyl groups is 1. The van der Waals surface area contributed by atoms with Gasteiger partial charge in [-0.05, 0) is 38.2 Å². The standard InChI is InChI=1S/C17H26ClN3O2/c1-12-14(17(18)21(2)20-12)8-9-16(23)19-15(10-11-22)13-6-4-3-5-7-13/h8-9,13,15,22H,3-7,10-11H2,1-2H3,(H,19,23)/b9-8+. The summed E-state index contributed by atoms with van der Waals surface area (Å²) >= 11 is 6.16. The van der Waals surface area contributed by atoms with Gasteiger partial charge in [-0.1, -0.05) is 30.9 Å². The summed E-state index contributed by atoms with van der Waals surface area (Å²) in [5.74, 6) is 0.324. The Morgan fingerprint density at radius 2 is 2.17 bits per heavy atom. The zero-order chi connectivity index (χ0) is 16.8. The second kappa shape index (κ2) is 8.50. The smallest absolute Gasteiger partial charge is 0.244 e. The molecule has 1 aliphatic carbocycles. The molecule has 1 aliphatic rings. The first-order valence-corrected chi connectivity index (χ1v) is 8.69. The molecule has 0 aliphatic heterocycles. The first-order chi connectivity index (χ1) is 11.0. The van der Waals surface area contributed by atoms with E-state index in [2.05, 4.69) is 10.4 Å². The Balaban J connectivity index is 1.99. The van der Waals surface area contributed by atoms with Crippen LogP contribution in [0.1, 0.15) is 49.8 Å². The number of hydrogen-bond donors (Lipinski definition) is 2. The van der Waals surface area contributed by atoms with E-state index in [1.807, 2.05) is 6.92 Å². The molecule has 1 heterocycles. The number of aromatic nitrogens is 2. The predicted molar refractivity (Wildman–Crippen MR) is 92.2 cm³/mol. The van der Waals surface area contributed by atoms with Crippen molar-refractivity contribution in [2.75, 3.05) is 6.61 Å². The average Bonchev–Trinajstić information content (AvgIpc) is 2.78. The normalized spacial score (nSPS) is 17.6. The zero-order valence-electron chi connectivity index (χ0n) is 13.9. The molecule has 5 nitrogen and oxygen atoms in total. The molecule has 0 radical (unpaired) electrons. The third-order valence-electron chi connectivity index (χ3n) is 4.58. The SMILES string of the molecule is Cc1nn(C)c(Cl)c1/C=C/C(=O)NC(CCO)C1CCCCC1. The molecule has 2 N–H and O–H groups in total. The topological polar surface area (TPSA) is 67.2 Å². The number of carbonyl (C=O) groups excluding carboxylic acids is 1. The average molecular weight is 340 g/mol. The predicted octanol–water partition coefficient (Wildman–Crippen LogP) is 2.84. The molecule has 1 atom stereocenters. The molecule has 1 unspecified atom stereocenters. The lowest BCUT2D eigenvalue weighted by Crippen LogP contribution is -2.41. The van der Waals surface area contributed by atoms with Gasteiger partial charge in [0.1, 0.15) is 5.15 Å². The lowest BCUT2D eigenvalue weighted by Gasteiger charge is -2.30. The summed E-state index contributed by atoms with van der Waals surface area (Å²) in [6, 6.07) is 0.0444. The number of aryl methyl sites for hydroxylation is 2. The third kappa shape index (κ3) is 4.82. The molecule has 0 bridgehead atoms. The molecule has 23 heavy (non-hydrogen) atoms. The van der Waals surface area contributed by atoms with Crippen LogP contribution in [0.5, 0.6) is 0 Å². The molecule has 128 valence electrons. The van der Waals surface area contributed by atoms with Gasteiger partial charge in [0.2, 0.25) is 5.91 Å². The Bertz CT molecular complexity index is 562. The van der Waals surface area contributed by atoms with Crippen LogP contribution in [0.25, 0.3) is 6.08 Å². The summed E-state index contributed by atoms with van der Waals surface area (Å²) in [4.78, 5) is 12.2. The number of nitrogens with one attached hydrogen (secondary N) is 1. The fourth-order valence-electron chi connectivity index (χ4n) is 3.33. The number of hydrogen-bond acceptors (Lipinski definition) is 3. The van der Waals surface area contributed by atoms with Crippen molar-refractivity contribution < 1.29 is 9.90 Å². The molecule has 0 spiro atoms. The van der Waals surface area contributed by atoms with Crippen LogP contribution in [-0.4, -0.2) is 33.4 Å². The molecular weight excluding hydrogens is 314 g/mol. The molecule has 0 aromatic carbocycles. The highest BCUT2D eigenvalue weighted by Gasteiger charge is 2.24. The maximum Gasteiger partial charge on any atom is 0.244 e. The van der Waals surface area contributed by atoms with E-state index in [9.17, 15) is 9.90 Å². The lowest BCUT2D eigenvalue weighted by molar-refractivity contribution is -0.117. The number of rotatable bonds is 6. The molecule has 0 saturated heterocycles. The van der Waals surface area contributed by atoms with Crippen LogP contribution < -0.4 is 5.32 Å². The lowest BCUT2D eigenvalue weighted by atomic mass is 9.82. The van der Waals surface area contributed by atoms with Crippen LogP contribution in [0.15, 0.2) is 6.08 Å². The van der Waals surface area contributed by atoms with E-state index in [1.165, 1.54) is 25.3 Å². The van der Waals surface area contributed by atoms with Gasteiger partial charge >= 0.3 is 0 Å². The summed E-state index contributed by atoms with van der Waals surface area (Å²) < 4.78 is 1.59. The highest BCUT2D eigenvalue weighted by molar-refractivity contribution is 6.31. The Hall–Kier alpha value is -1.33. The largest absolute Gasteiger partial charge is 0.396 e. The monoisotopic (exact) mass is 339 g/mol. The van der Waals surface area contributed by atoms with Gasteiger partial charge in [-0.15, -0.1) is 0 Å². The minimum absolute atomic E-state index is 0.0444. The van der Waals surface area contributed by atoms with Crippen LogP contribution >= 0.6 is 11.6 Å². The molecule has 1 aromatic rings. The van der Waals surface area contributed by atoms with Crippen LogP contribution in [-0.2, 0) is 11.8 Å². The molecule has 2 rings (SSSR count). The summed E-state index contributed by atoms with van der Waals surface area (Å²) in [7, 11) is 1.77. The van der Waals surface area contributed by atoms with Crippen molar-refractivity contribution in [1.82, 2.24) is 15.1 Å². The minimum atomic E-state index is -0.145. The fourth-order valence-corrected chi connectivity index (χ4v) is 3.56. The zero-order valence-corrected chi connectivity index (χ0v) is 14.6. The van der Waals surface area contributed by atoms with Gasteiger partial charge in [0.15, 0.2) is 0 Å². The van der Waals surface area contributed by atoms with Crippen molar-refractivity contribution in [2.45, 2.75) is 51.5 Å². The Labute approximate surface area is 142 Å². The summed E-state index contributed by atoms with van der Waals surface area (Å²) in [5.41, 5.74) is 1.56. The van der Waals surface area contributed by atoms with Crippen molar-refractivity contribution >= 4 is 23.6 Å². The molecule has 6 heteroatoms. The molecule has 1 aromatic heterocycles. The quantitative estimate of drug-likeness (QED) is 0.783. The van der Waals surface area contributed by atoms with E-state index in [-0.39, 0.29) is 18.6 Å². The number of amides is 1. The second-order valence-corrected chi connectivity index (χ2v) is 6.63. The van der Waals surface area contributed by atoms with Crippen LogP contribution in [0.4, 0.5) is 0 Å². The number of carbonyl (C=O) groups is 1. The third-order valence-corrected chi connectivity index (χ3v) is 5.03. The van der Waals surface area contributed by atoms with E-state index in [0.717, 1.165) is 24.1 Å². The first kappa shape index (κ1) is 18.0. The number of aliphatic hydroxyl groups excluding tert-OH is 1. The van der Waals surface area contributed by atoms with Gasteiger partial charge in [0.25, 0.3) is 0 Å². The van der Waals surface area contributed by atoms with Crippen LogP contribution in [0.2, 0.25) is 5.15 Å². The first-order valence-electron chi connectivity index (χ1n) is 8.31. The van der Waals surface area contributed by atoms with Gasteiger partial charge in [0, 0.05) is 31.3 Å². The van der Waals surface area contributed by atoms with E-state index in [4.69, 9.17) is 11.6 Å². The van der Waals surface area contributed by atoms with E-state index < -0.39 is 0 Å². The molecule has 1 amide bonds. The Morgan fingerprint density at radius 1 is 1.48 bits per heavy atom. The summed E-state index contributed by atoms with van der Waals surface area (Å²) in [6.45, 7) is 1.96. The van der Waals surface area contributed by atoms with Crippen LogP contribution in [0.3, 0.4) is 0 Å². The molecule has 1 saturated carbocycles. The van der Waals surface area contributed by atoms with Gasteiger partial charge in [0.05, 0.1) is 5.69 Å². The van der Waals surface area contributed by atoms with E-state index in [1.54, 1.807) is 17.8 Å². The Kier molecular flexibility index (Phi) is 6.66. The van der Waals surface area contributed by atoms with Crippen molar-refractivity contribution in [3.8, 4) is 0 Å². The van der Waals surface area contributed by atoms with Gasteiger partial charge in [-0.2, -0.15) is 5.10 Å². The van der Waals surface area contributed by atoms with Crippen molar-refractivity contribution in [2.24, 2.45) is 13.0 Å². The van der Waals surface area contributed by atoms with Crippen molar-refractivity contribution in [3.63, 3.8) is 0 Å². The number of nitrogens with zero attached hydrogens (tertiary/aromatic N) is 2. The number of halogens is 1. The maximum atomic E-state index is 12.2.